The zero-order chi connectivity index (χ0) is 28.4. The van der Waals surface area contributed by atoms with Gasteiger partial charge < -0.3 is 0 Å². The SMILES string of the molecule is CC(C)(C)c1cc2ccc3ccc(-c4cc(I)c5ccc6cc(C(C)(C)C)cc7ccc4c5c67)c4ccc(c1)c2c34. The van der Waals surface area contributed by atoms with Crippen molar-refractivity contribution in [2.45, 2.75) is 52.4 Å². The van der Waals surface area contributed by atoms with Crippen molar-refractivity contribution in [3.05, 3.63) is 106 Å². The van der Waals surface area contributed by atoms with Crippen LogP contribution in [0.3, 0.4) is 0 Å². The highest BCUT2D eigenvalue weighted by atomic mass is 127. The van der Waals surface area contributed by atoms with E-state index in [1.54, 1.807) is 0 Å². The van der Waals surface area contributed by atoms with Crippen molar-refractivity contribution in [1.82, 2.24) is 0 Å². The fourth-order valence-electron chi connectivity index (χ4n) is 7.02. The molecule has 1 heteroatoms. The highest BCUT2D eigenvalue weighted by Crippen LogP contribution is 2.46. The smallest absolute Gasteiger partial charge is 0.0215 e. The second-order valence-electron chi connectivity index (χ2n) is 14.0. The van der Waals surface area contributed by atoms with E-state index in [1.165, 1.54) is 90.5 Å². The van der Waals surface area contributed by atoms with E-state index in [2.05, 4.69) is 155 Å². The number of benzene rings is 8. The predicted octanol–water partition coefficient (Wildman–Crippen LogP) is 12.3. The molecule has 0 N–H and O–H groups in total. The quantitative estimate of drug-likeness (QED) is 0.124. The summed E-state index contributed by atoms with van der Waals surface area (Å²) in [4.78, 5) is 0. The van der Waals surface area contributed by atoms with Gasteiger partial charge in [-0.15, -0.1) is 0 Å². The Labute approximate surface area is 255 Å². The number of halogens is 1. The van der Waals surface area contributed by atoms with Gasteiger partial charge in [0.25, 0.3) is 0 Å². The van der Waals surface area contributed by atoms with Crippen LogP contribution in [0.1, 0.15) is 52.7 Å². The third-order valence-electron chi connectivity index (χ3n) is 9.29. The van der Waals surface area contributed by atoms with Crippen molar-refractivity contribution in [2.24, 2.45) is 0 Å². The second-order valence-corrected chi connectivity index (χ2v) is 15.2. The van der Waals surface area contributed by atoms with E-state index in [4.69, 9.17) is 0 Å². The van der Waals surface area contributed by atoms with E-state index in [1.807, 2.05) is 0 Å². The molecule has 0 unspecified atom stereocenters. The first kappa shape index (κ1) is 25.3. The van der Waals surface area contributed by atoms with E-state index in [9.17, 15) is 0 Å². The molecule has 0 aliphatic rings. The number of rotatable bonds is 1. The first-order valence-corrected chi connectivity index (χ1v) is 15.7. The van der Waals surface area contributed by atoms with E-state index in [-0.39, 0.29) is 10.8 Å². The molecule has 41 heavy (non-hydrogen) atoms. The van der Waals surface area contributed by atoms with Crippen molar-refractivity contribution in [1.29, 1.82) is 0 Å². The topological polar surface area (TPSA) is 0 Å². The van der Waals surface area contributed by atoms with E-state index in [0.717, 1.165) is 0 Å². The second kappa shape index (κ2) is 8.32. The van der Waals surface area contributed by atoms with Crippen LogP contribution in [0.15, 0.2) is 91.0 Å². The van der Waals surface area contributed by atoms with Crippen LogP contribution in [0, 0.1) is 3.57 Å². The maximum atomic E-state index is 2.55. The van der Waals surface area contributed by atoms with Gasteiger partial charge in [-0.1, -0.05) is 126 Å². The van der Waals surface area contributed by atoms with Gasteiger partial charge in [0.05, 0.1) is 0 Å². The van der Waals surface area contributed by atoms with E-state index in [0.29, 0.717) is 0 Å². The molecule has 0 saturated carbocycles. The Bertz CT molecular complexity index is 2280. The summed E-state index contributed by atoms with van der Waals surface area (Å²) >= 11 is 2.55. The predicted molar refractivity (Wildman–Crippen MR) is 189 cm³/mol. The van der Waals surface area contributed by atoms with Crippen LogP contribution >= 0.6 is 22.6 Å². The third-order valence-corrected chi connectivity index (χ3v) is 10.2. The molecule has 0 aliphatic heterocycles. The van der Waals surface area contributed by atoms with Gasteiger partial charge in [0, 0.05) is 3.57 Å². The fraction of sp³-hybridized carbons (Fsp3) is 0.200. The maximum absolute atomic E-state index is 2.55. The molecule has 8 rings (SSSR count). The van der Waals surface area contributed by atoms with Gasteiger partial charge in [-0.25, -0.2) is 0 Å². The third kappa shape index (κ3) is 3.64. The number of hydrogen-bond acceptors (Lipinski definition) is 0. The van der Waals surface area contributed by atoms with Crippen LogP contribution in [-0.2, 0) is 10.8 Å². The molecule has 0 aromatic heterocycles. The van der Waals surface area contributed by atoms with Crippen molar-refractivity contribution in [3.8, 4) is 11.1 Å². The maximum Gasteiger partial charge on any atom is 0.0215 e. The normalized spacial score (nSPS) is 13.2. The Kier molecular flexibility index (Phi) is 5.13. The van der Waals surface area contributed by atoms with Gasteiger partial charge in [0.15, 0.2) is 0 Å². The van der Waals surface area contributed by atoms with Gasteiger partial charge >= 0.3 is 0 Å². The molecule has 0 radical (unpaired) electrons. The van der Waals surface area contributed by atoms with Crippen LogP contribution in [-0.4, -0.2) is 0 Å². The summed E-state index contributed by atoms with van der Waals surface area (Å²) in [6.45, 7) is 13.8. The van der Waals surface area contributed by atoms with Gasteiger partial charge in [0.2, 0.25) is 0 Å². The Morgan fingerprint density at radius 1 is 0.390 bits per heavy atom. The molecule has 8 aromatic rings. The molecule has 0 nitrogen and oxygen atoms in total. The lowest BCUT2D eigenvalue weighted by atomic mass is 9.81. The minimum atomic E-state index is 0.111. The lowest BCUT2D eigenvalue weighted by molar-refractivity contribution is 0.591. The van der Waals surface area contributed by atoms with Gasteiger partial charge in [-0.05, 0) is 126 Å². The van der Waals surface area contributed by atoms with Crippen LogP contribution in [0.4, 0.5) is 0 Å². The molecule has 0 fully saturated rings. The highest BCUT2D eigenvalue weighted by molar-refractivity contribution is 14.1. The lowest BCUT2D eigenvalue weighted by Gasteiger charge is -2.23. The fourth-order valence-corrected chi connectivity index (χ4v) is 7.78. The molecule has 0 amide bonds. The monoisotopic (exact) mass is 640 g/mol. The summed E-state index contributed by atoms with van der Waals surface area (Å²) in [7, 11) is 0. The molecule has 0 spiro atoms. The standard InChI is InChI=1S/C40H33I/c1-39(2,3)27-17-23-8-7-22-9-13-29(30-14-10-24(18-27)35(23)37(22)30)33-21-34(41)32-16-12-26-20-28(40(4,5)6)19-25-11-15-31(33)38(32)36(25)26/h7-21H,1-6H3. The molecule has 200 valence electrons. The zero-order valence-electron chi connectivity index (χ0n) is 24.5. The Hall–Kier alpha value is -3.43. The van der Waals surface area contributed by atoms with Crippen molar-refractivity contribution in [3.63, 3.8) is 0 Å². The molecule has 0 atom stereocenters. The molecule has 0 saturated heterocycles. The Morgan fingerprint density at radius 3 is 1.34 bits per heavy atom. The summed E-state index contributed by atoms with van der Waals surface area (Å²) in [5, 5.41) is 16.2. The van der Waals surface area contributed by atoms with E-state index >= 15 is 0 Å². The summed E-state index contributed by atoms with van der Waals surface area (Å²) in [5.41, 5.74) is 5.64. The molecular formula is C40H33I. The van der Waals surface area contributed by atoms with Crippen molar-refractivity contribution >= 4 is 87.2 Å². The van der Waals surface area contributed by atoms with Crippen LogP contribution in [0.5, 0.6) is 0 Å². The molecule has 0 aliphatic carbocycles. The number of hydrogen-bond donors (Lipinski definition) is 0. The Balaban J connectivity index is 1.47. The first-order valence-electron chi connectivity index (χ1n) is 14.6. The minimum absolute atomic E-state index is 0.111. The average Bonchev–Trinajstić information content (AvgIpc) is 2.93. The Morgan fingerprint density at radius 2 is 0.805 bits per heavy atom. The van der Waals surface area contributed by atoms with Crippen LogP contribution in [0.2, 0.25) is 0 Å². The van der Waals surface area contributed by atoms with Gasteiger partial charge in [-0.2, -0.15) is 0 Å². The van der Waals surface area contributed by atoms with Gasteiger partial charge in [-0.3, -0.25) is 0 Å². The zero-order valence-corrected chi connectivity index (χ0v) is 26.7. The summed E-state index contributed by atoms with van der Waals surface area (Å²) in [6, 6.07) is 35.4. The summed E-state index contributed by atoms with van der Waals surface area (Å²) in [5.74, 6) is 0. The lowest BCUT2D eigenvalue weighted by Crippen LogP contribution is -2.10. The van der Waals surface area contributed by atoms with Crippen molar-refractivity contribution < 1.29 is 0 Å². The average molecular weight is 641 g/mol. The molecule has 0 heterocycles. The highest BCUT2D eigenvalue weighted by Gasteiger charge is 2.21. The molecular weight excluding hydrogens is 607 g/mol. The van der Waals surface area contributed by atoms with Crippen LogP contribution < -0.4 is 0 Å². The summed E-state index contributed by atoms with van der Waals surface area (Å²) < 4.78 is 1.31. The minimum Gasteiger partial charge on any atom is -0.0561 e. The van der Waals surface area contributed by atoms with Gasteiger partial charge in [0.1, 0.15) is 0 Å². The van der Waals surface area contributed by atoms with E-state index < -0.39 is 0 Å². The summed E-state index contributed by atoms with van der Waals surface area (Å²) in [6.07, 6.45) is 0. The molecule has 0 bridgehead atoms. The van der Waals surface area contributed by atoms with Crippen molar-refractivity contribution in [2.75, 3.05) is 0 Å². The largest absolute Gasteiger partial charge is 0.0561 e. The first-order chi connectivity index (χ1) is 19.5. The molecule has 8 aromatic carbocycles. The van der Waals surface area contributed by atoms with Crippen LogP contribution in [0.25, 0.3) is 75.8 Å².